The smallest absolute Gasteiger partial charge is 0.191 e. The van der Waals surface area contributed by atoms with Gasteiger partial charge in [0.05, 0.1) is 0 Å². The van der Waals surface area contributed by atoms with Crippen LogP contribution in [0.3, 0.4) is 0 Å². The molecule has 1 saturated heterocycles. The molecule has 2 aliphatic heterocycles. The molecule has 0 saturated carbocycles. The zero-order valence-corrected chi connectivity index (χ0v) is 14.4. The maximum Gasteiger partial charge on any atom is 0.191 e. The van der Waals surface area contributed by atoms with Crippen molar-refractivity contribution in [2.75, 3.05) is 32.7 Å². The van der Waals surface area contributed by atoms with Crippen molar-refractivity contribution in [3.8, 4) is 0 Å². The molecule has 1 fully saturated rings. The minimum atomic E-state index is 0.751. The van der Waals surface area contributed by atoms with E-state index in [0.29, 0.717) is 0 Å². The van der Waals surface area contributed by atoms with E-state index in [1.54, 1.807) is 0 Å². The fraction of sp³-hybridized carbons (Fsp3) is 0.632. The van der Waals surface area contributed by atoms with Gasteiger partial charge in [-0.3, -0.25) is 9.89 Å². The Morgan fingerprint density at radius 3 is 2.70 bits per heavy atom. The van der Waals surface area contributed by atoms with Crippen molar-refractivity contribution in [3.63, 3.8) is 0 Å². The van der Waals surface area contributed by atoms with Gasteiger partial charge in [0.25, 0.3) is 0 Å². The third kappa shape index (κ3) is 4.47. The molecule has 2 N–H and O–H groups in total. The van der Waals surface area contributed by atoms with Gasteiger partial charge in [0.2, 0.25) is 0 Å². The normalized spacial score (nSPS) is 20.6. The van der Waals surface area contributed by atoms with Crippen LogP contribution in [0.1, 0.15) is 37.3 Å². The molecule has 23 heavy (non-hydrogen) atoms. The fourth-order valence-corrected chi connectivity index (χ4v) is 3.57. The summed E-state index contributed by atoms with van der Waals surface area (Å²) in [6.07, 6.45) is 4.74. The Labute approximate surface area is 140 Å². The third-order valence-corrected chi connectivity index (χ3v) is 5.22. The van der Waals surface area contributed by atoms with Gasteiger partial charge in [0, 0.05) is 39.3 Å². The highest BCUT2D eigenvalue weighted by Crippen LogP contribution is 2.18. The number of nitrogens with zero attached hydrogens (tertiary/aromatic N) is 3. The van der Waals surface area contributed by atoms with Crippen molar-refractivity contribution in [2.24, 2.45) is 16.6 Å². The summed E-state index contributed by atoms with van der Waals surface area (Å²) in [5.41, 5.74) is 9.15. The van der Waals surface area contributed by atoms with Gasteiger partial charge < -0.3 is 10.6 Å². The first-order valence-corrected chi connectivity index (χ1v) is 9.06. The molecule has 0 amide bonds. The SMILES string of the molecule is CC1CCN(C(N)=NCCCN2CCc3ccccc3C2)CC1. The standard InChI is InChI=1S/C19H30N4/c1-16-7-13-23(14-8-16)19(20)21-10-4-11-22-12-9-17-5-2-3-6-18(17)15-22/h2-3,5-6,16H,4,7-15H2,1H3,(H2,20,21). The van der Waals surface area contributed by atoms with Crippen LogP contribution < -0.4 is 5.73 Å². The van der Waals surface area contributed by atoms with Crippen LogP contribution in [0.25, 0.3) is 0 Å². The van der Waals surface area contributed by atoms with Crippen LogP contribution in [0.4, 0.5) is 0 Å². The van der Waals surface area contributed by atoms with Crippen molar-refractivity contribution < 1.29 is 0 Å². The largest absolute Gasteiger partial charge is 0.370 e. The Balaban J connectivity index is 1.39. The first kappa shape index (κ1) is 16.3. The highest BCUT2D eigenvalue weighted by molar-refractivity contribution is 5.78. The molecule has 1 aromatic carbocycles. The Bertz CT molecular complexity index is 532. The summed E-state index contributed by atoms with van der Waals surface area (Å²) >= 11 is 0. The number of nitrogens with two attached hydrogens (primary N) is 1. The van der Waals surface area contributed by atoms with Crippen LogP contribution in [0.15, 0.2) is 29.3 Å². The van der Waals surface area contributed by atoms with Crippen LogP contribution in [0.2, 0.25) is 0 Å². The lowest BCUT2D eigenvalue weighted by molar-refractivity contribution is 0.252. The number of hydrogen-bond donors (Lipinski definition) is 1. The molecule has 0 bridgehead atoms. The van der Waals surface area contributed by atoms with E-state index in [-0.39, 0.29) is 0 Å². The number of piperidine rings is 1. The van der Waals surface area contributed by atoms with Crippen molar-refractivity contribution in [2.45, 2.75) is 39.2 Å². The Morgan fingerprint density at radius 2 is 1.91 bits per heavy atom. The fourth-order valence-electron chi connectivity index (χ4n) is 3.57. The van der Waals surface area contributed by atoms with E-state index in [0.717, 1.165) is 51.0 Å². The van der Waals surface area contributed by atoms with Gasteiger partial charge in [-0.05, 0) is 42.7 Å². The lowest BCUT2D eigenvalue weighted by Gasteiger charge is -2.31. The van der Waals surface area contributed by atoms with Gasteiger partial charge in [0.15, 0.2) is 5.96 Å². The Hall–Kier alpha value is -1.55. The zero-order chi connectivity index (χ0) is 16.1. The predicted octanol–water partition coefficient (Wildman–Crippen LogP) is 2.48. The summed E-state index contributed by atoms with van der Waals surface area (Å²) in [6, 6.07) is 8.81. The first-order valence-electron chi connectivity index (χ1n) is 9.06. The topological polar surface area (TPSA) is 44.9 Å². The second kappa shape index (κ2) is 7.82. The average Bonchev–Trinajstić information content (AvgIpc) is 2.59. The maximum atomic E-state index is 6.14. The molecular weight excluding hydrogens is 284 g/mol. The van der Waals surface area contributed by atoms with Gasteiger partial charge >= 0.3 is 0 Å². The third-order valence-electron chi connectivity index (χ3n) is 5.22. The van der Waals surface area contributed by atoms with Crippen LogP contribution in [-0.4, -0.2) is 48.5 Å². The van der Waals surface area contributed by atoms with E-state index in [1.807, 2.05) is 0 Å². The number of guanidine groups is 1. The minimum absolute atomic E-state index is 0.751. The second-order valence-corrected chi connectivity index (χ2v) is 7.06. The quantitative estimate of drug-likeness (QED) is 0.527. The van der Waals surface area contributed by atoms with E-state index in [2.05, 4.69) is 46.0 Å². The van der Waals surface area contributed by atoms with Crippen molar-refractivity contribution in [1.82, 2.24) is 9.80 Å². The molecule has 0 aliphatic carbocycles. The summed E-state index contributed by atoms with van der Waals surface area (Å²) in [6.45, 7) is 8.66. The molecule has 4 nitrogen and oxygen atoms in total. The molecule has 0 aromatic heterocycles. The van der Waals surface area contributed by atoms with Gasteiger partial charge in [-0.25, -0.2) is 0 Å². The van der Waals surface area contributed by atoms with Crippen LogP contribution >= 0.6 is 0 Å². The van der Waals surface area contributed by atoms with Crippen molar-refractivity contribution in [3.05, 3.63) is 35.4 Å². The Morgan fingerprint density at radius 1 is 1.17 bits per heavy atom. The molecule has 0 unspecified atom stereocenters. The minimum Gasteiger partial charge on any atom is -0.370 e. The molecular formula is C19H30N4. The number of hydrogen-bond acceptors (Lipinski definition) is 2. The van der Waals surface area contributed by atoms with Crippen LogP contribution in [0.5, 0.6) is 0 Å². The summed E-state index contributed by atoms with van der Waals surface area (Å²) in [4.78, 5) is 9.38. The number of fused-ring (bicyclic) bond motifs is 1. The van der Waals surface area contributed by atoms with E-state index < -0.39 is 0 Å². The van der Waals surface area contributed by atoms with Gasteiger partial charge in [-0.2, -0.15) is 0 Å². The summed E-state index contributed by atoms with van der Waals surface area (Å²) in [5, 5.41) is 0. The second-order valence-electron chi connectivity index (χ2n) is 7.06. The highest BCUT2D eigenvalue weighted by Gasteiger charge is 2.17. The number of aliphatic imine (C=N–C) groups is 1. The molecule has 2 aliphatic rings. The highest BCUT2D eigenvalue weighted by atomic mass is 15.3. The first-order chi connectivity index (χ1) is 11.2. The molecule has 0 atom stereocenters. The van der Waals surface area contributed by atoms with Gasteiger partial charge in [0.1, 0.15) is 0 Å². The van der Waals surface area contributed by atoms with Gasteiger partial charge in [-0.1, -0.05) is 31.2 Å². The number of benzene rings is 1. The molecule has 3 rings (SSSR count). The van der Waals surface area contributed by atoms with Crippen molar-refractivity contribution in [1.29, 1.82) is 0 Å². The van der Waals surface area contributed by atoms with Crippen LogP contribution in [-0.2, 0) is 13.0 Å². The van der Waals surface area contributed by atoms with Crippen molar-refractivity contribution >= 4 is 5.96 Å². The van der Waals surface area contributed by atoms with E-state index in [9.17, 15) is 0 Å². The molecule has 1 aromatic rings. The lowest BCUT2D eigenvalue weighted by Crippen LogP contribution is -2.42. The molecule has 0 radical (unpaired) electrons. The zero-order valence-electron chi connectivity index (χ0n) is 14.4. The summed E-state index contributed by atoms with van der Waals surface area (Å²) < 4.78 is 0. The molecule has 0 spiro atoms. The lowest BCUT2D eigenvalue weighted by atomic mass is 10.00. The monoisotopic (exact) mass is 314 g/mol. The summed E-state index contributed by atoms with van der Waals surface area (Å²) in [5.74, 6) is 1.59. The van der Waals surface area contributed by atoms with E-state index in [1.165, 1.54) is 36.9 Å². The predicted molar refractivity (Wildman–Crippen MR) is 96.5 cm³/mol. The molecule has 126 valence electrons. The van der Waals surface area contributed by atoms with Gasteiger partial charge in [-0.15, -0.1) is 0 Å². The number of rotatable bonds is 4. The Kier molecular flexibility index (Phi) is 5.55. The molecule has 2 heterocycles. The summed E-state index contributed by atoms with van der Waals surface area (Å²) in [7, 11) is 0. The maximum absolute atomic E-state index is 6.14. The molecule has 4 heteroatoms. The van der Waals surface area contributed by atoms with E-state index >= 15 is 0 Å². The number of likely N-dealkylation sites (tertiary alicyclic amines) is 1. The average molecular weight is 314 g/mol. The van der Waals surface area contributed by atoms with Crippen LogP contribution in [0, 0.1) is 5.92 Å². The van der Waals surface area contributed by atoms with E-state index in [4.69, 9.17) is 5.73 Å².